The van der Waals surface area contributed by atoms with Gasteiger partial charge in [-0.3, -0.25) is 4.79 Å². The molecule has 1 aliphatic carbocycles. The van der Waals surface area contributed by atoms with Gasteiger partial charge in [0.25, 0.3) is 0 Å². The molecule has 6 heteroatoms. The third-order valence-electron chi connectivity index (χ3n) is 3.57. The van der Waals surface area contributed by atoms with Gasteiger partial charge in [-0.2, -0.15) is 13.2 Å². The smallest absolute Gasteiger partial charge is 0.391 e. The predicted octanol–water partition coefficient (Wildman–Crippen LogP) is 2.24. The molecule has 3 nitrogen and oxygen atoms in total. The lowest BCUT2D eigenvalue weighted by Crippen LogP contribution is -2.43. The summed E-state index contributed by atoms with van der Waals surface area (Å²) in [5.74, 6) is -2.30. The minimum absolute atomic E-state index is 0.116. The van der Waals surface area contributed by atoms with E-state index in [0.29, 0.717) is 19.3 Å². The van der Waals surface area contributed by atoms with Gasteiger partial charge in [-0.05, 0) is 25.7 Å². The van der Waals surface area contributed by atoms with Crippen molar-refractivity contribution in [2.45, 2.75) is 51.2 Å². The van der Waals surface area contributed by atoms with Crippen molar-refractivity contribution in [1.82, 2.24) is 5.32 Å². The van der Waals surface area contributed by atoms with Crippen LogP contribution in [0, 0.1) is 11.8 Å². The van der Waals surface area contributed by atoms with Crippen LogP contribution >= 0.6 is 0 Å². The molecule has 1 aliphatic rings. The van der Waals surface area contributed by atoms with Gasteiger partial charge in [0.2, 0.25) is 5.91 Å². The van der Waals surface area contributed by atoms with Gasteiger partial charge in [0.1, 0.15) is 0 Å². The molecule has 2 N–H and O–H groups in total. The molecule has 18 heavy (non-hydrogen) atoms. The normalized spacial score (nSPS) is 26.7. The van der Waals surface area contributed by atoms with Crippen molar-refractivity contribution in [3.63, 3.8) is 0 Å². The van der Waals surface area contributed by atoms with Gasteiger partial charge in [-0.1, -0.05) is 13.3 Å². The van der Waals surface area contributed by atoms with E-state index in [9.17, 15) is 18.0 Å². The summed E-state index contributed by atoms with van der Waals surface area (Å²) in [7, 11) is 0. The number of amides is 1. The first kappa shape index (κ1) is 15.3. The van der Waals surface area contributed by atoms with E-state index in [1.165, 1.54) is 0 Å². The number of carbonyl (C=O) groups is 1. The van der Waals surface area contributed by atoms with E-state index in [4.69, 9.17) is 5.11 Å². The molecule has 0 aromatic heterocycles. The lowest BCUT2D eigenvalue weighted by atomic mass is 9.80. The van der Waals surface area contributed by atoms with Crippen molar-refractivity contribution in [2.75, 3.05) is 6.61 Å². The molecule has 0 bridgehead atoms. The first-order chi connectivity index (χ1) is 8.38. The van der Waals surface area contributed by atoms with Crippen LogP contribution in [0.5, 0.6) is 0 Å². The summed E-state index contributed by atoms with van der Waals surface area (Å²) >= 11 is 0. The molecule has 0 aromatic rings. The highest BCUT2D eigenvalue weighted by molar-refractivity contribution is 5.79. The Bertz CT molecular complexity index is 277. The van der Waals surface area contributed by atoms with Crippen LogP contribution < -0.4 is 5.32 Å². The van der Waals surface area contributed by atoms with Gasteiger partial charge in [-0.25, -0.2) is 0 Å². The van der Waals surface area contributed by atoms with Crippen molar-refractivity contribution in [3.05, 3.63) is 0 Å². The summed E-state index contributed by atoms with van der Waals surface area (Å²) in [6, 6.07) is -0.358. The van der Waals surface area contributed by atoms with E-state index >= 15 is 0 Å². The number of rotatable bonds is 4. The van der Waals surface area contributed by atoms with E-state index in [-0.39, 0.29) is 31.4 Å². The monoisotopic (exact) mass is 267 g/mol. The highest BCUT2D eigenvalue weighted by Gasteiger charge is 2.43. The van der Waals surface area contributed by atoms with Crippen molar-refractivity contribution in [1.29, 1.82) is 0 Å². The SMILES string of the molecule is CCC(CO)NC(=O)C1CCCC(C(F)(F)F)C1. The maximum absolute atomic E-state index is 12.6. The maximum Gasteiger partial charge on any atom is 0.391 e. The molecule has 0 aromatic carbocycles. The largest absolute Gasteiger partial charge is 0.394 e. The van der Waals surface area contributed by atoms with Gasteiger partial charge in [0.15, 0.2) is 0 Å². The van der Waals surface area contributed by atoms with Crippen molar-refractivity contribution in [2.24, 2.45) is 11.8 Å². The van der Waals surface area contributed by atoms with Crippen LogP contribution in [-0.4, -0.2) is 29.8 Å². The van der Waals surface area contributed by atoms with E-state index in [1.807, 2.05) is 0 Å². The fourth-order valence-electron chi connectivity index (χ4n) is 2.32. The number of hydrogen-bond acceptors (Lipinski definition) is 2. The lowest BCUT2D eigenvalue weighted by molar-refractivity contribution is -0.186. The summed E-state index contributed by atoms with van der Waals surface area (Å²) < 4.78 is 37.8. The highest BCUT2D eigenvalue weighted by Crippen LogP contribution is 2.39. The van der Waals surface area contributed by atoms with Crippen LogP contribution in [0.3, 0.4) is 0 Å². The summed E-state index contributed by atoms with van der Waals surface area (Å²) in [5.41, 5.74) is 0. The minimum atomic E-state index is -4.21. The molecule has 1 rings (SSSR count). The minimum Gasteiger partial charge on any atom is -0.394 e. The summed E-state index contributed by atoms with van der Waals surface area (Å²) in [5, 5.41) is 11.6. The van der Waals surface area contributed by atoms with Crippen molar-refractivity contribution >= 4 is 5.91 Å². The standard InChI is InChI=1S/C12H20F3NO2/c1-2-10(7-17)16-11(18)8-4-3-5-9(6-8)12(13,14)15/h8-10,17H,2-7H2,1H3,(H,16,18). The third-order valence-corrected chi connectivity index (χ3v) is 3.57. The number of carbonyl (C=O) groups excluding carboxylic acids is 1. The molecular formula is C12H20F3NO2. The Morgan fingerprint density at radius 2 is 2.11 bits per heavy atom. The Labute approximate surface area is 105 Å². The molecule has 0 saturated heterocycles. The number of hydrogen-bond donors (Lipinski definition) is 2. The summed E-state index contributed by atoms with van der Waals surface area (Å²) in [6.07, 6.45) is -2.72. The molecule has 0 heterocycles. The Kier molecular flexibility index (Phi) is 5.44. The maximum atomic E-state index is 12.6. The third kappa shape index (κ3) is 4.15. The molecule has 0 aliphatic heterocycles. The van der Waals surface area contributed by atoms with Crippen LogP contribution in [0.2, 0.25) is 0 Å². The predicted molar refractivity (Wildman–Crippen MR) is 60.8 cm³/mol. The van der Waals surface area contributed by atoms with E-state index in [2.05, 4.69) is 5.32 Å². The number of alkyl halides is 3. The lowest BCUT2D eigenvalue weighted by Gasteiger charge is -2.30. The number of halogens is 3. The van der Waals surface area contributed by atoms with Gasteiger partial charge < -0.3 is 10.4 Å². The molecule has 0 radical (unpaired) electrons. The molecule has 3 unspecified atom stereocenters. The van der Waals surface area contributed by atoms with E-state index < -0.39 is 18.0 Å². The Hall–Kier alpha value is -0.780. The molecule has 1 fully saturated rings. The zero-order valence-electron chi connectivity index (χ0n) is 10.5. The highest BCUT2D eigenvalue weighted by atomic mass is 19.4. The van der Waals surface area contributed by atoms with Crippen molar-refractivity contribution in [3.8, 4) is 0 Å². The van der Waals surface area contributed by atoms with Gasteiger partial charge in [0, 0.05) is 5.92 Å². The second-order valence-electron chi connectivity index (χ2n) is 4.90. The first-order valence-electron chi connectivity index (χ1n) is 6.36. The van der Waals surface area contributed by atoms with Gasteiger partial charge in [0.05, 0.1) is 18.6 Å². The Morgan fingerprint density at radius 1 is 1.44 bits per heavy atom. The fourth-order valence-corrected chi connectivity index (χ4v) is 2.32. The quantitative estimate of drug-likeness (QED) is 0.820. The number of aliphatic hydroxyl groups is 1. The van der Waals surface area contributed by atoms with Crippen molar-refractivity contribution < 1.29 is 23.1 Å². The summed E-state index contributed by atoms with van der Waals surface area (Å²) in [6.45, 7) is 1.62. The number of nitrogens with one attached hydrogen (secondary N) is 1. The van der Waals surface area contributed by atoms with Crippen LogP contribution in [0.4, 0.5) is 13.2 Å². The second-order valence-corrected chi connectivity index (χ2v) is 4.90. The molecule has 1 saturated carbocycles. The average molecular weight is 267 g/mol. The molecule has 0 spiro atoms. The molecule has 106 valence electrons. The Morgan fingerprint density at radius 3 is 2.61 bits per heavy atom. The van der Waals surface area contributed by atoms with Gasteiger partial charge >= 0.3 is 6.18 Å². The average Bonchev–Trinajstić information content (AvgIpc) is 2.34. The van der Waals surface area contributed by atoms with Crippen LogP contribution in [0.15, 0.2) is 0 Å². The second kappa shape index (κ2) is 6.41. The molecule has 3 atom stereocenters. The number of aliphatic hydroxyl groups excluding tert-OH is 1. The topological polar surface area (TPSA) is 49.3 Å². The summed E-state index contributed by atoms with van der Waals surface area (Å²) in [4.78, 5) is 11.8. The Balaban J connectivity index is 2.53. The van der Waals surface area contributed by atoms with Crippen LogP contribution in [0.25, 0.3) is 0 Å². The van der Waals surface area contributed by atoms with Crippen LogP contribution in [0.1, 0.15) is 39.0 Å². The van der Waals surface area contributed by atoms with E-state index in [1.54, 1.807) is 6.92 Å². The van der Waals surface area contributed by atoms with Crippen LogP contribution in [-0.2, 0) is 4.79 Å². The zero-order valence-corrected chi connectivity index (χ0v) is 10.5. The molecule has 1 amide bonds. The first-order valence-corrected chi connectivity index (χ1v) is 6.36. The molecular weight excluding hydrogens is 247 g/mol. The zero-order chi connectivity index (χ0) is 13.8. The van der Waals surface area contributed by atoms with Gasteiger partial charge in [-0.15, -0.1) is 0 Å². The fraction of sp³-hybridized carbons (Fsp3) is 0.917. The van der Waals surface area contributed by atoms with E-state index in [0.717, 1.165) is 0 Å².